The van der Waals surface area contributed by atoms with Gasteiger partial charge in [0.2, 0.25) is 0 Å². The molecule has 0 unspecified atom stereocenters. The lowest BCUT2D eigenvalue weighted by Crippen LogP contribution is -2.17. The Kier molecular flexibility index (Phi) is 3.71. The Bertz CT molecular complexity index is 1050. The fourth-order valence-corrected chi connectivity index (χ4v) is 3.08. The van der Waals surface area contributed by atoms with Crippen LogP contribution in [0.25, 0.3) is 16.7 Å². The highest BCUT2D eigenvalue weighted by Crippen LogP contribution is 2.19. The van der Waals surface area contributed by atoms with Gasteiger partial charge in [-0.25, -0.2) is 0 Å². The fraction of sp³-hybridized carbons (Fsp3) is 0.0500. The molecule has 0 amide bonds. The minimum absolute atomic E-state index is 0.0297. The molecule has 2 heterocycles. The van der Waals surface area contributed by atoms with Crippen molar-refractivity contribution in [3.63, 3.8) is 0 Å². The summed E-state index contributed by atoms with van der Waals surface area (Å²) in [5, 5.41) is 0.731. The smallest absolute Gasteiger partial charge is 0.255 e. The van der Waals surface area contributed by atoms with Crippen molar-refractivity contribution in [1.82, 2.24) is 9.13 Å². The topological polar surface area (TPSA) is 26.9 Å². The van der Waals surface area contributed by atoms with Crippen LogP contribution in [0.5, 0.6) is 0 Å². The van der Waals surface area contributed by atoms with Gasteiger partial charge in [-0.05, 0) is 42.0 Å². The number of hydrogen-bond acceptors (Lipinski definition) is 1. The molecule has 0 saturated heterocycles. The largest absolute Gasteiger partial charge is 0.342 e. The van der Waals surface area contributed by atoms with Gasteiger partial charge in [-0.15, -0.1) is 0 Å². The van der Waals surface area contributed by atoms with Crippen molar-refractivity contribution in [2.24, 2.45) is 0 Å². The minimum atomic E-state index is -0.0297. The lowest BCUT2D eigenvalue weighted by molar-refractivity contribution is 0.835. The van der Waals surface area contributed by atoms with Crippen molar-refractivity contribution in [2.75, 3.05) is 0 Å². The van der Waals surface area contributed by atoms with Gasteiger partial charge in [0, 0.05) is 29.5 Å². The highest BCUT2D eigenvalue weighted by Gasteiger charge is 2.09. The third-order valence-corrected chi connectivity index (χ3v) is 4.36. The summed E-state index contributed by atoms with van der Waals surface area (Å²) < 4.78 is 3.88. The maximum Gasteiger partial charge on any atom is 0.255 e. The maximum absolute atomic E-state index is 12.4. The molecule has 2 aromatic heterocycles. The third kappa shape index (κ3) is 2.63. The number of nitrogens with zero attached hydrogens (tertiary/aromatic N) is 2. The molecule has 0 aliphatic rings. The molecule has 4 rings (SSSR count). The van der Waals surface area contributed by atoms with Crippen molar-refractivity contribution in [2.45, 2.75) is 6.54 Å². The van der Waals surface area contributed by atoms with Gasteiger partial charge in [-0.2, -0.15) is 0 Å². The first kappa shape index (κ1) is 14.8. The second-order valence-corrected chi connectivity index (χ2v) is 6.12. The Balaban J connectivity index is 1.83. The zero-order valence-corrected chi connectivity index (χ0v) is 13.6. The summed E-state index contributed by atoms with van der Waals surface area (Å²) >= 11 is 5.95. The van der Waals surface area contributed by atoms with E-state index in [1.165, 1.54) is 0 Å². The average molecular weight is 335 g/mol. The molecule has 0 bridgehead atoms. The molecule has 118 valence electrons. The van der Waals surface area contributed by atoms with Crippen molar-refractivity contribution in [3.8, 4) is 5.69 Å². The molecular formula is C20H15ClN2O. The van der Waals surface area contributed by atoms with Gasteiger partial charge in [0.1, 0.15) is 0 Å². The summed E-state index contributed by atoms with van der Waals surface area (Å²) in [7, 11) is 0. The Morgan fingerprint density at radius 2 is 1.54 bits per heavy atom. The first-order chi connectivity index (χ1) is 11.7. The lowest BCUT2D eigenvalue weighted by Gasteiger charge is -2.10. The maximum atomic E-state index is 12.4. The number of hydrogen-bond donors (Lipinski definition) is 0. The molecule has 0 saturated carbocycles. The number of para-hydroxylation sites is 1. The van der Waals surface area contributed by atoms with E-state index in [9.17, 15) is 4.79 Å². The van der Waals surface area contributed by atoms with Crippen LogP contribution in [-0.2, 0) is 6.54 Å². The van der Waals surface area contributed by atoms with E-state index in [-0.39, 0.29) is 5.56 Å². The zero-order chi connectivity index (χ0) is 16.5. The molecule has 2 aromatic carbocycles. The van der Waals surface area contributed by atoms with E-state index >= 15 is 0 Å². The van der Waals surface area contributed by atoms with Gasteiger partial charge in [0.15, 0.2) is 0 Å². The molecular weight excluding hydrogens is 320 g/mol. The Hall–Kier alpha value is -2.78. The second kappa shape index (κ2) is 6.02. The number of fused-ring (bicyclic) bond motifs is 1. The van der Waals surface area contributed by atoms with Gasteiger partial charge in [-0.1, -0.05) is 41.9 Å². The molecule has 0 spiro atoms. The van der Waals surface area contributed by atoms with Crippen LogP contribution in [0, 0.1) is 0 Å². The average Bonchev–Trinajstić information content (AvgIpc) is 3.00. The van der Waals surface area contributed by atoms with Crippen LogP contribution in [0.4, 0.5) is 0 Å². The quantitative estimate of drug-likeness (QED) is 0.542. The van der Waals surface area contributed by atoms with Crippen molar-refractivity contribution in [3.05, 3.63) is 99.9 Å². The molecule has 4 aromatic rings. The SMILES string of the molecule is O=c1ccc2c(ccn2Cc2ccc(Cl)cc2)n1-c1ccccc1. The van der Waals surface area contributed by atoms with Crippen molar-refractivity contribution >= 4 is 22.6 Å². The van der Waals surface area contributed by atoms with Crippen LogP contribution in [0.15, 0.2) is 83.8 Å². The van der Waals surface area contributed by atoms with E-state index in [2.05, 4.69) is 4.57 Å². The van der Waals surface area contributed by atoms with E-state index in [0.29, 0.717) is 0 Å². The van der Waals surface area contributed by atoms with E-state index in [4.69, 9.17) is 11.6 Å². The first-order valence-electron chi connectivity index (χ1n) is 7.73. The number of pyridine rings is 1. The van der Waals surface area contributed by atoms with Gasteiger partial charge >= 0.3 is 0 Å². The normalized spacial score (nSPS) is 11.0. The van der Waals surface area contributed by atoms with Crippen molar-refractivity contribution in [1.29, 1.82) is 0 Å². The first-order valence-corrected chi connectivity index (χ1v) is 8.11. The lowest BCUT2D eigenvalue weighted by atomic mass is 10.2. The predicted molar refractivity (Wildman–Crippen MR) is 98.1 cm³/mol. The summed E-state index contributed by atoms with van der Waals surface area (Å²) in [6, 6.07) is 23.0. The van der Waals surface area contributed by atoms with Crippen LogP contribution >= 0.6 is 11.6 Å². The monoisotopic (exact) mass is 334 g/mol. The van der Waals surface area contributed by atoms with E-state index in [0.717, 1.165) is 33.9 Å². The van der Waals surface area contributed by atoms with Gasteiger partial charge in [0.25, 0.3) is 5.56 Å². The Morgan fingerprint density at radius 1 is 0.792 bits per heavy atom. The number of rotatable bonds is 3. The predicted octanol–water partition coefficient (Wildman–Crippen LogP) is 4.49. The van der Waals surface area contributed by atoms with Gasteiger partial charge in [-0.3, -0.25) is 9.36 Å². The number of benzene rings is 2. The molecule has 0 radical (unpaired) electrons. The van der Waals surface area contributed by atoms with Crippen LogP contribution in [-0.4, -0.2) is 9.13 Å². The van der Waals surface area contributed by atoms with Gasteiger partial charge in [0.05, 0.1) is 11.0 Å². The van der Waals surface area contributed by atoms with E-state index < -0.39 is 0 Å². The van der Waals surface area contributed by atoms with E-state index in [1.807, 2.05) is 72.9 Å². The summed E-state index contributed by atoms with van der Waals surface area (Å²) in [5.74, 6) is 0. The summed E-state index contributed by atoms with van der Waals surface area (Å²) in [6.45, 7) is 0.730. The summed E-state index contributed by atoms with van der Waals surface area (Å²) in [4.78, 5) is 12.4. The number of halogens is 1. The molecule has 24 heavy (non-hydrogen) atoms. The van der Waals surface area contributed by atoms with Crippen LogP contribution in [0.1, 0.15) is 5.56 Å². The van der Waals surface area contributed by atoms with Gasteiger partial charge < -0.3 is 4.57 Å². The Morgan fingerprint density at radius 3 is 2.29 bits per heavy atom. The fourth-order valence-electron chi connectivity index (χ4n) is 2.95. The summed E-state index contributed by atoms with van der Waals surface area (Å²) in [5.41, 5.74) is 3.93. The molecule has 3 nitrogen and oxygen atoms in total. The van der Waals surface area contributed by atoms with Crippen molar-refractivity contribution < 1.29 is 0 Å². The molecule has 0 fully saturated rings. The van der Waals surface area contributed by atoms with Crippen LogP contribution in [0.3, 0.4) is 0 Å². The highest BCUT2D eigenvalue weighted by atomic mass is 35.5. The Labute approximate surface area is 144 Å². The van der Waals surface area contributed by atoms with Crippen LogP contribution in [0.2, 0.25) is 5.02 Å². The zero-order valence-electron chi connectivity index (χ0n) is 12.9. The highest BCUT2D eigenvalue weighted by molar-refractivity contribution is 6.30. The molecule has 0 aliphatic heterocycles. The number of aromatic nitrogens is 2. The third-order valence-electron chi connectivity index (χ3n) is 4.11. The van der Waals surface area contributed by atoms with E-state index in [1.54, 1.807) is 10.6 Å². The van der Waals surface area contributed by atoms with Crippen LogP contribution < -0.4 is 5.56 Å². The summed E-state index contributed by atoms with van der Waals surface area (Å²) in [6.07, 6.45) is 2.01. The molecule has 0 N–H and O–H groups in total. The minimum Gasteiger partial charge on any atom is -0.342 e. The molecule has 0 atom stereocenters. The molecule has 0 aliphatic carbocycles. The second-order valence-electron chi connectivity index (χ2n) is 5.68. The standard InChI is InChI=1S/C20H15ClN2O/c21-16-8-6-15(7-9-16)14-22-13-12-19-18(22)10-11-20(24)23(19)17-4-2-1-3-5-17/h1-13H,14H2. The molecule has 4 heteroatoms.